The summed E-state index contributed by atoms with van der Waals surface area (Å²) in [5, 5.41) is 9.25. The van der Waals surface area contributed by atoms with E-state index in [1.54, 1.807) is 0 Å². The van der Waals surface area contributed by atoms with E-state index in [2.05, 4.69) is 40.8 Å². The Balaban J connectivity index is 2.54. The molecular formula is C21H44O4Si. The van der Waals surface area contributed by atoms with Gasteiger partial charge in [-0.15, -0.1) is 0 Å². The van der Waals surface area contributed by atoms with Crippen molar-refractivity contribution in [2.45, 2.75) is 104 Å². The molecule has 0 radical (unpaired) electrons. The minimum atomic E-state index is -1.75. The van der Waals surface area contributed by atoms with Gasteiger partial charge in [0, 0.05) is 19.1 Å². The minimum absolute atomic E-state index is 0.205. The Morgan fingerprint density at radius 3 is 2.42 bits per heavy atom. The highest BCUT2D eigenvalue weighted by Crippen LogP contribution is 2.38. The first kappa shape index (κ1) is 24.1. The molecule has 26 heavy (non-hydrogen) atoms. The van der Waals surface area contributed by atoms with E-state index < -0.39 is 14.1 Å². The van der Waals surface area contributed by atoms with Crippen molar-refractivity contribution in [2.75, 3.05) is 19.8 Å². The number of rotatable bonds is 10. The van der Waals surface area contributed by atoms with E-state index >= 15 is 0 Å². The summed E-state index contributed by atoms with van der Waals surface area (Å²) in [5.41, 5.74) is 0. The fourth-order valence-corrected chi connectivity index (χ4v) is 4.16. The molecule has 1 heterocycles. The monoisotopic (exact) mass is 388 g/mol. The SMILES string of the molecule is C[C@@H](CCO)CCCC[C@H]1OC(C)(C)OC[C@@H]1CO[Si](C)(C)C(C)(C)C. The molecule has 0 aromatic heterocycles. The first-order chi connectivity index (χ1) is 11.9. The molecule has 0 spiro atoms. The van der Waals surface area contributed by atoms with Gasteiger partial charge < -0.3 is 19.0 Å². The van der Waals surface area contributed by atoms with E-state index in [9.17, 15) is 0 Å². The van der Waals surface area contributed by atoms with Gasteiger partial charge in [0.2, 0.25) is 0 Å². The molecule has 4 nitrogen and oxygen atoms in total. The zero-order valence-corrected chi connectivity index (χ0v) is 19.6. The van der Waals surface area contributed by atoms with E-state index in [1.807, 2.05) is 13.8 Å². The first-order valence-corrected chi connectivity index (χ1v) is 13.4. The van der Waals surface area contributed by atoms with Gasteiger partial charge in [-0.3, -0.25) is 0 Å². The van der Waals surface area contributed by atoms with Crippen LogP contribution in [0.4, 0.5) is 0 Å². The van der Waals surface area contributed by atoms with Crippen LogP contribution >= 0.6 is 0 Å². The molecule has 156 valence electrons. The average Bonchev–Trinajstić information content (AvgIpc) is 2.49. The zero-order chi connectivity index (χ0) is 20.0. The van der Waals surface area contributed by atoms with E-state index in [0.29, 0.717) is 25.0 Å². The topological polar surface area (TPSA) is 47.9 Å². The lowest BCUT2D eigenvalue weighted by atomic mass is 9.94. The second kappa shape index (κ2) is 10.0. The van der Waals surface area contributed by atoms with Crippen molar-refractivity contribution in [3.05, 3.63) is 0 Å². The van der Waals surface area contributed by atoms with Crippen LogP contribution in [0.2, 0.25) is 18.1 Å². The number of aliphatic hydroxyl groups is 1. The summed E-state index contributed by atoms with van der Waals surface area (Å²) >= 11 is 0. The molecule has 5 heteroatoms. The third kappa shape index (κ3) is 7.97. The van der Waals surface area contributed by atoms with Gasteiger partial charge in [0.25, 0.3) is 0 Å². The smallest absolute Gasteiger partial charge is 0.191 e. The highest BCUT2D eigenvalue weighted by Gasteiger charge is 2.41. The van der Waals surface area contributed by atoms with Gasteiger partial charge in [-0.1, -0.05) is 47.0 Å². The van der Waals surface area contributed by atoms with Crippen molar-refractivity contribution in [3.8, 4) is 0 Å². The van der Waals surface area contributed by atoms with Crippen LogP contribution in [0.1, 0.15) is 73.6 Å². The summed E-state index contributed by atoms with van der Waals surface area (Å²) in [5.74, 6) is 0.416. The predicted octanol–water partition coefficient (Wildman–Crippen LogP) is 5.35. The molecule has 1 N–H and O–H groups in total. The van der Waals surface area contributed by atoms with Gasteiger partial charge in [-0.25, -0.2) is 0 Å². The van der Waals surface area contributed by atoms with Gasteiger partial charge in [0.15, 0.2) is 14.1 Å². The maximum Gasteiger partial charge on any atom is 0.191 e. The highest BCUT2D eigenvalue weighted by atomic mass is 28.4. The summed E-state index contributed by atoms with van der Waals surface area (Å²) in [6, 6.07) is 0. The molecule has 1 aliphatic rings. The molecule has 0 saturated carbocycles. The Morgan fingerprint density at radius 1 is 1.19 bits per heavy atom. The molecule has 1 aliphatic heterocycles. The Bertz CT molecular complexity index is 403. The number of aliphatic hydroxyl groups excluding tert-OH is 1. The van der Waals surface area contributed by atoms with Gasteiger partial charge in [0.05, 0.1) is 12.7 Å². The first-order valence-electron chi connectivity index (χ1n) is 10.4. The molecule has 0 aliphatic carbocycles. The van der Waals surface area contributed by atoms with Crippen LogP contribution in [0.5, 0.6) is 0 Å². The van der Waals surface area contributed by atoms with E-state index in [4.69, 9.17) is 19.0 Å². The Morgan fingerprint density at radius 2 is 1.85 bits per heavy atom. The van der Waals surface area contributed by atoms with E-state index in [1.165, 1.54) is 12.8 Å². The van der Waals surface area contributed by atoms with Crippen molar-refractivity contribution >= 4 is 8.32 Å². The van der Waals surface area contributed by atoms with Crippen LogP contribution in [0.15, 0.2) is 0 Å². The fourth-order valence-electron chi connectivity index (χ4n) is 3.09. The zero-order valence-electron chi connectivity index (χ0n) is 18.6. The van der Waals surface area contributed by atoms with Crippen LogP contribution in [0.25, 0.3) is 0 Å². The summed E-state index contributed by atoms with van der Waals surface area (Å²) in [4.78, 5) is 0. The normalized spacial score (nSPS) is 25.3. The second-order valence-electron chi connectivity index (χ2n) is 10.1. The van der Waals surface area contributed by atoms with Gasteiger partial charge in [-0.2, -0.15) is 0 Å². The summed E-state index contributed by atoms with van der Waals surface area (Å²) in [7, 11) is -1.75. The number of ether oxygens (including phenoxy) is 2. The standard InChI is InChI=1S/C21H44O4Si/c1-17(13-14-22)11-9-10-12-19-18(15-23-21(5,6)25-19)16-24-26(7,8)20(2,3)4/h17-19,22H,9-16H2,1-8H3/t17-,18-,19-/m1/s1. The van der Waals surface area contributed by atoms with Crippen LogP contribution in [-0.4, -0.2) is 45.1 Å². The third-order valence-electron chi connectivity index (χ3n) is 6.13. The number of hydrogen-bond acceptors (Lipinski definition) is 4. The van der Waals surface area contributed by atoms with Crippen molar-refractivity contribution < 1.29 is 19.0 Å². The van der Waals surface area contributed by atoms with Crippen LogP contribution in [-0.2, 0) is 13.9 Å². The number of hydrogen-bond donors (Lipinski definition) is 1. The molecule has 0 unspecified atom stereocenters. The quantitative estimate of drug-likeness (QED) is 0.404. The maximum absolute atomic E-state index is 9.03. The Kier molecular flexibility index (Phi) is 9.28. The lowest BCUT2D eigenvalue weighted by Gasteiger charge is -2.43. The summed E-state index contributed by atoms with van der Waals surface area (Å²) < 4.78 is 18.6. The largest absolute Gasteiger partial charge is 0.416 e. The summed E-state index contributed by atoms with van der Waals surface area (Å²) in [6.07, 6.45) is 5.70. The Hall–Kier alpha value is 0.0569. The van der Waals surface area contributed by atoms with Crippen molar-refractivity contribution in [1.29, 1.82) is 0 Å². The minimum Gasteiger partial charge on any atom is -0.416 e. The predicted molar refractivity (Wildman–Crippen MR) is 111 cm³/mol. The third-order valence-corrected chi connectivity index (χ3v) is 10.6. The molecule has 0 aromatic carbocycles. The van der Waals surface area contributed by atoms with Crippen LogP contribution in [0.3, 0.4) is 0 Å². The maximum atomic E-state index is 9.03. The molecular weight excluding hydrogens is 344 g/mol. The highest BCUT2D eigenvalue weighted by molar-refractivity contribution is 6.74. The molecule has 0 bridgehead atoms. The molecule has 1 rings (SSSR count). The van der Waals surface area contributed by atoms with Crippen LogP contribution < -0.4 is 0 Å². The van der Waals surface area contributed by atoms with Crippen molar-refractivity contribution in [3.63, 3.8) is 0 Å². The molecule has 0 aromatic rings. The molecule has 1 fully saturated rings. The van der Waals surface area contributed by atoms with Gasteiger partial charge in [0.1, 0.15) is 0 Å². The van der Waals surface area contributed by atoms with Crippen molar-refractivity contribution in [2.24, 2.45) is 11.8 Å². The molecule has 3 atom stereocenters. The molecule has 0 amide bonds. The second-order valence-corrected chi connectivity index (χ2v) is 14.9. The average molecular weight is 389 g/mol. The Labute approximate surface area is 163 Å². The van der Waals surface area contributed by atoms with Gasteiger partial charge in [-0.05, 0) is 50.7 Å². The lowest BCUT2D eigenvalue weighted by Crippen LogP contribution is -2.49. The number of unbranched alkanes of at least 4 members (excludes halogenated alkanes) is 1. The van der Waals surface area contributed by atoms with Crippen molar-refractivity contribution in [1.82, 2.24) is 0 Å². The lowest BCUT2D eigenvalue weighted by molar-refractivity contribution is -0.296. The van der Waals surface area contributed by atoms with Crippen LogP contribution in [0, 0.1) is 11.8 Å². The molecule has 1 saturated heterocycles. The van der Waals surface area contributed by atoms with E-state index in [-0.39, 0.29) is 11.1 Å². The van der Waals surface area contributed by atoms with E-state index in [0.717, 1.165) is 25.9 Å². The van der Waals surface area contributed by atoms with Gasteiger partial charge >= 0.3 is 0 Å². The fraction of sp³-hybridized carbons (Fsp3) is 1.00. The summed E-state index contributed by atoms with van der Waals surface area (Å²) in [6.45, 7) is 19.4.